The zero-order valence-electron chi connectivity index (χ0n) is 28.1. The largest absolute Gasteiger partial charge is 0.485 e. The van der Waals surface area contributed by atoms with Gasteiger partial charge in [0.2, 0.25) is 11.8 Å². The standard InChI is InChI=1S/C36H45FN6O6/c1-23-20-43(24(2)22-44)35(47)27-10-9-13-30(34(27)49-31(23)21-42(3)36(48)39-26-18-16-25(37)17-19-26)41-33(46)15-6-4-5-14-32(45)40-29-12-8-7-11-28(29)38/h7-13,16-19,23-24,31,44H,4-6,14-15,20-22,38H2,1-3H3,(H,39,48)(H,40,45)(H,41,46)/t23-,24-,31-/m0/s1. The molecule has 13 heteroatoms. The number of nitrogens with two attached hydrogens (primary N) is 1. The van der Waals surface area contributed by atoms with Crippen LogP contribution in [0.25, 0.3) is 0 Å². The molecule has 1 aliphatic heterocycles. The van der Waals surface area contributed by atoms with Gasteiger partial charge in [0, 0.05) is 38.0 Å². The first kappa shape index (κ1) is 36.7. The van der Waals surface area contributed by atoms with E-state index in [-0.39, 0.29) is 67.5 Å². The number of aliphatic hydroxyl groups excluding tert-OH is 1. The lowest BCUT2D eigenvalue weighted by Crippen LogP contribution is -2.50. The third-order valence-electron chi connectivity index (χ3n) is 8.40. The zero-order chi connectivity index (χ0) is 35.5. The summed E-state index contributed by atoms with van der Waals surface area (Å²) in [5.74, 6) is -1.32. The summed E-state index contributed by atoms with van der Waals surface area (Å²) in [4.78, 5) is 55.2. The number of amides is 5. The van der Waals surface area contributed by atoms with Crippen molar-refractivity contribution in [2.45, 2.75) is 58.1 Å². The maximum Gasteiger partial charge on any atom is 0.321 e. The van der Waals surface area contributed by atoms with Crippen molar-refractivity contribution in [3.63, 3.8) is 0 Å². The predicted octanol–water partition coefficient (Wildman–Crippen LogP) is 5.32. The van der Waals surface area contributed by atoms with Crippen LogP contribution in [-0.2, 0) is 9.59 Å². The number of benzene rings is 3. The molecule has 3 aromatic rings. The number of anilines is 4. The van der Waals surface area contributed by atoms with Gasteiger partial charge < -0.3 is 41.3 Å². The number of fused-ring (bicyclic) bond motifs is 1. The summed E-state index contributed by atoms with van der Waals surface area (Å²) in [7, 11) is 1.60. The normalized spacial score (nSPS) is 16.3. The van der Waals surface area contributed by atoms with Crippen LogP contribution < -0.4 is 26.4 Å². The van der Waals surface area contributed by atoms with Gasteiger partial charge in [-0.1, -0.05) is 31.5 Å². The Morgan fingerprint density at radius 1 is 0.959 bits per heavy atom. The highest BCUT2D eigenvalue weighted by Gasteiger charge is 2.35. The lowest BCUT2D eigenvalue weighted by atomic mass is 9.99. The van der Waals surface area contributed by atoms with Crippen molar-refractivity contribution >= 4 is 46.5 Å². The molecule has 0 fully saturated rings. The smallest absolute Gasteiger partial charge is 0.321 e. The molecule has 5 amide bonds. The molecule has 0 saturated heterocycles. The third-order valence-corrected chi connectivity index (χ3v) is 8.40. The van der Waals surface area contributed by atoms with Gasteiger partial charge in [-0.3, -0.25) is 14.4 Å². The Morgan fingerprint density at radius 2 is 1.59 bits per heavy atom. The van der Waals surface area contributed by atoms with Crippen molar-refractivity contribution in [3.05, 3.63) is 78.1 Å². The Morgan fingerprint density at radius 3 is 2.24 bits per heavy atom. The zero-order valence-corrected chi connectivity index (χ0v) is 28.1. The summed E-state index contributed by atoms with van der Waals surface area (Å²) in [6.45, 7) is 3.76. The molecular formula is C36H45FN6O6. The van der Waals surface area contributed by atoms with E-state index in [1.807, 2.05) is 6.92 Å². The second kappa shape index (κ2) is 17.3. The fraction of sp³-hybridized carbons (Fsp3) is 0.389. The molecule has 3 aromatic carbocycles. The second-order valence-corrected chi connectivity index (χ2v) is 12.4. The van der Waals surface area contributed by atoms with Gasteiger partial charge in [0.15, 0.2) is 5.75 Å². The van der Waals surface area contributed by atoms with Crippen molar-refractivity contribution in [2.24, 2.45) is 5.92 Å². The van der Waals surface area contributed by atoms with Gasteiger partial charge >= 0.3 is 6.03 Å². The van der Waals surface area contributed by atoms with E-state index < -0.39 is 24.0 Å². The molecule has 0 bridgehead atoms. The van der Waals surface area contributed by atoms with Crippen molar-refractivity contribution in [1.29, 1.82) is 0 Å². The van der Waals surface area contributed by atoms with Crippen LogP contribution in [0.15, 0.2) is 66.7 Å². The van der Waals surface area contributed by atoms with E-state index in [4.69, 9.17) is 10.5 Å². The minimum Gasteiger partial charge on any atom is -0.485 e. The van der Waals surface area contributed by atoms with Gasteiger partial charge in [-0.15, -0.1) is 0 Å². The molecule has 0 aliphatic carbocycles. The summed E-state index contributed by atoms with van der Waals surface area (Å²) < 4.78 is 19.8. The van der Waals surface area contributed by atoms with Gasteiger partial charge in [-0.25, -0.2) is 9.18 Å². The highest BCUT2D eigenvalue weighted by molar-refractivity contribution is 6.01. The van der Waals surface area contributed by atoms with E-state index in [0.717, 1.165) is 0 Å². The average Bonchev–Trinajstić information content (AvgIpc) is 3.08. The maximum atomic E-state index is 13.8. The number of unbranched alkanes of at least 4 members (excludes halogenated alkanes) is 2. The molecule has 0 aromatic heterocycles. The average molecular weight is 677 g/mol. The van der Waals surface area contributed by atoms with Crippen molar-refractivity contribution in [2.75, 3.05) is 48.4 Å². The summed E-state index contributed by atoms with van der Waals surface area (Å²) in [5.41, 5.74) is 7.90. The molecule has 262 valence electrons. The minimum absolute atomic E-state index is 0.121. The topological polar surface area (TPSA) is 166 Å². The summed E-state index contributed by atoms with van der Waals surface area (Å²) in [5, 5.41) is 18.4. The number of carbonyl (C=O) groups is 4. The first-order valence-corrected chi connectivity index (χ1v) is 16.4. The number of ether oxygens (including phenoxy) is 1. The fourth-order valence-corrected chi connectivity index (χ4v) is 5.45. The molecule has 1 heterocycles. The molecule has 0 spiro atoms. The lowest BCUT2D eigenvalue weighted by Gasteiger charge is -2.38. The molecule has 12 nitrogen and oxygen atoms in total. The number of halogens is 1. The molecule has 4 rings (SSSR count). The van der Waals surface area contributed by atoms with Gasteiger partial charge in [0.25, 0.3) is 5.91 Å². The van der Waals surface area contributed by atoms with Crippen LogP contribution in [0.4, 0.5) is 31.9 Å². The van der Waals surface area contributed by atoms with E-state index >= 15 is 0 Å². The minimum atomic E-state index is -0.611. The van der Waals surface area contributed by atoms with Gasteiger partial charge in [-0.2, -0.15) is 0 Å². The Labute approximate surface area is 285 Å². The van der Waals surface area contributed by atoms with Gasteiger partial charge in [-0.05, 0) is 68.3 Å². The molecule has 1 aliphatic rings. The van der Waals surface area contributed by atoms with E-state index in [1.54, 1.807) is 61.3 Å². The number of aliphatic hydroxyl groups is 1. The number of nitrogens with zero attached hydrogens (tertiary/aromatic N) is 2. The predicted molar refractivity (Wildman–Crippen MR) is 187 cm³/mol. The number of rotatable bonds is 13. The van der Waals surface area contributed by atoms with Crippen molar-refractivity contribution in [1.82, 2.24) is 9.80 Å². The highest BCUT2D eigenvalue weighted by atomic mass is 19.1. The number of para-hydroxylation sites is 3. The number of urea groups is 1. The molecule has 6 N–H and O–H groups in total. The molecule has 0 saturated carbocycles. The Kier molecular flexibility index (Phi) is 12.9. The number of hydrogen-bond donors (Lipinski definition) is 5. The SMILES string of the molecule is C[C@H]1CN([C@@H](C)CO)C(=O)c2cccc(NC(=O)CCCCCC(=O)Nc3ccccc3N)c2O[C@H]1CN(C)C(=O)Nc1ccc(F)cc1. The van der Waals surface area contributed by atoms with E-state index in [1.165, 1.54) is 29.2 Å². The monoisotopic (exact) mass is 676 g/mol. The van der Waals surface area contributed by atoms with Crippen LogP contribution in [0.3, 0.4) is 0 Å². The Hall–Kier alpha value is -5.17. The number of nitrogens with one attached hydrogen (secondary N) is 3. The van der Waals surface area contributed by atoms with E-state index in [9.17, 15) is 28.7 Å². The first-order chi connectivity index (χ1) is 23.5. The molecular weight excluding hydrogens is 631 g/mol. The number of carbonyl (C=O) groups excluding carboxylic acids is 4. The van der Waals surface area contributed by atoms with E-state index in [0.29, 0.717) is 42.0 Å². The Balaban J connectivity index is 1.42. The number of likely N-dealkylation sites (N-methyl/N-ethyl adjacent to an activating group) is 1. The van der Waals surface area contributed by atoms with E-state index in [2.05, 4.69) is 16.0 Å². The van der Waals surface area contributed by atoms with Crippen LogP contribution in [0.1, 0.15) is 56.3 Å². The molecule has 3 atom stereocenters. The lowest BCUT2D eigenvalue weighted by molar-refractivity contribution is -0.116. The van der Waals surface area contributed by atoms with Crippen molar-refractivity contribution < 1.29 is 33.4 Å². The van der Waals surface area contributed by atoms with Crippen LogP contribution >= 0.6 is 0 Å². The molecule has 0 unspecified atom stereocenters. The summed E-state index contributed by atoms with van der Waals surface area (Å²) >= 11 is 0. The van der Waals surface area contributed by atoms with Crippen LogP contribution in [0.2, 0.25) is 0 Å². The van der Waals surface area contributed by atoms with Gasteiger partial charge in [0.05, 0.1) is 41.8 Å². The number of hydrogen-bond acceptors (Lipinski definition) is 7. The van der Waals surface area contributed by atoms with Gasteiger partial charge in [0.1, 0.15) is 11.9 Å². The fourth-order valence-electron chi connectivity index (χ4n) is 5.45. The molecule has 49 heavy (non-hydrogen) atoms. The first-order valence-electron chi connectivity index (χ1n) is 16.4. The summed E-state index contributed by atoms with van der Waals surface area (Å²) in [6, 6.07) is 16.4. The van der Waals surface area contributed by atoms with Crippen LogP contribution in [0, 0.1) is 11.7 Å². The highest BCUT2D eigenvalue weighted by Crippen LogP contribution is 2.35. The summed E-state index contributed by atoms with van der Waals surface area (Å²) in [6.07, 6.45) is 1.63. The Bertz CT molecular complexity index is 1620. The quantitative estimate of drug-likeness (QED) is 0.121. The second-order valence-electron chi connectivity index (χ2n) is 12.4. The maximum absolute atomic E-state index is 13.8. The third kappa shape index (κ3) is 10.2. The van der Waals surface area contributed by atoms with Crippen molar-refractivity contribution in [3.8, 4) is 5.75 Å². The number of nitrogen functional groups attached to an aromatic ring is 1. The van der Waals surface area contributed by atoms with Crippen LogP contribution in [0.5, 0.6) is 5.75 Å². The van der Waals surface area contributed by atoms with Crippen LogP contribution in [-0.4, -0.2) is 77.5 Å². The molecule has 0 radical (unpaired) electrons.